The van der Waals surface area contributed by atoms with Crippen LogP contribution < -0.4 is 10.2 Å². The minimum atomic E-state index is 0.695. The standard InChI is InChI=1S/C16H25BrN2S/c1-12(2)9-18-10-14-4-5-15(8-16(14)17)19-6-7-20-13(3)11-19/h4-5,8,12-13,18H,6-7,9-11H2,1-3H3. The summed E-state index contributed by atoms with van der Waals surface area (Å²) in [5.74, 6) is 1.93. The van der Waals surface area contributed by atoms with Crippen molar-refractivity contribution in [1.82, 2.24) is 5.32 Å². The summed E-state index contributed by atoms with van der Waals surface area (Å²) in [4.78, 5) is 2.50. The summed E-state index contributed by atoms with van der Waals surface area (Å²) in [6.07, 6.45) is 0. The fraction of sp³-hybridized carbons (Fsp3) is 0.625. The van der Waals surface area contributed by atoms with Gasteiger partial charge in [-0.3, -0.25) is 0 Å². The molecule has 1 aliphatic rings. The van der Waals surface area contributed by atoms with Gasteiger partial charge in [-0.05, 0) is 30.2 Å². The Morgan fingerprint density at radius 1 is 1.45 bits per heavy atom. The van der Waals surface area contributed by atoms with E-state index in [0.717, 1.165) is 31.4 Å². The van der Waals surface area contributed by atoms with Crippen LogP contribution in [0.3, 0.4) is 0 Å². The van der Waals surface area contributed by atoms with Gasteiger partial charge < -0.3 is 10.2 Å². The van der Waals surface area contributed by atoms with Crippen molar-refractivity contribution in [2.24, 2.45) is 5.92 Å². The normalized spacial score (nSPS) is 19.6. The molecule has 0 aromatic heterocycles. The largest absolute Gasteiger partial charge is 0.370 e. The van der Waals surface area contributed by atoms with Crippen molar-refractivity contribution in [3.63, 3.8) is 0 Å². The van der Waals surface area contributed by atoms with E-state index < -0.39 is 0 Å². The van der Waals surface area contributed by atoms with Crippen molar-refractivity contribution in [3.05, 3.63) is 28.2 Å². The summed E-state index contributed by atoms with van der Waals surface area (Å²) >= 11 is 5.80. The minimum absolute atomic E-state index is 0.695. The van der Waals surface area contributed by atoms with Crippen LogP contribution in [-0.4, -0.2) is 30.6 Å². The van der Waals surface area contributed by atoms with Gasteiger partial charge in [0, 0.05) is 40.8 Å². The summed E-state index contributed by atoms with van der Waals surface area (Å²) in [7, 11) is 0. The van der Waals surface area contributed by atoms with E-state index in [0.29, 0.717) is 5.92 Å². The lowest BCUT2D eigenvalue weighted by Gasteiger charge is -2.32. The third-order valence-electron chi connectivity index (χ3n) is 3.51. The van der Waals surface area contributed by atoms with Gasteiger partial charge in [0.25, 0.3) is 0 Å². The third kappa shape index (κ3) is 4.68. The zero-order valence-corrected chi connectivity index (χ0v) is 15.1. The molecule has 0 saturated carbocycles. The van der Waals surface area contributed by atoms with Gasteiger partial charge in [0.05, 0.1) is 0 Å². The second-order valence-electron chi connectivity index (χ2n) is 5.93. The average Bonchev–Trinajstić information content (AvgIpc) is 2.40. The lowest BCUT2D eigenvalue weighted by molar-refractivity contribution is 0.552. The smallest absolute Gasteiger partial charge is 0.0378 e. The van der Waals surface area contributed by atoms with Crippen LogP contribution in [0.2, 0.25) is 0 Å². The Balaban J connectivity index is 1.98. The Kier molecular flexibility index (Phi) is 6.24. The Labute approximate surface area is 135 Å². The molecule has 0 radical (unpaired) electrons. The quantitative estimate of drug-likeness (QED) is 0.853. The highest BCUT2D eigenvalue weighted by atomic mass is 79.9. The number of hydrogen-bond donors (Lipinski definition) is 1. The number of rotatable bonds is 5. The Morgan fingerprint density at radius 2 is 2.25 bits per heavy atom. The van der Waals surface area contributed by atoms with Gasteiger partial charge in [0.1, 0.15) is 0 Å². The Hall–Kier alpha value is -0.190. The molecule has 1 fully saturated rings. The predicted octanol–water partition coefficient (Wildman–Crippen LogP) is 4.14. The first-order chi connectivity index (χ1) is 9.56. The van der Waals surface area contributed by atoms with Gasteiger partial charge in [-0.25, -0.2) is 0 Å². The molecule has 1 N–H and O–H groups in total. The second kappa shape index (κ2) is 7.71. The Bertz CT molecular complexity index is 436. The van der Waals surface area contributed by atoms with Crippen molar-refractivity contribution in [1.29, 1.82) is 0 Å². The Morgan fingerprint density at radius 3 is 2.90 bits per heavy atom. The highest BCUT2D eigenvalue weighted by Crippen LogP contribution is 2.28. The van der Waals surface area contributed by atoms with Crippen molar-refractivity contribution in [3.8, 4) is 0 Å². The van der Waals surface area contributed by atoms with Gasteiger partial charge in [-0.1, -0.05) is 42.8 Å². The number of benzene rings is 1. The lowest BCUT2D eigenvalue weighted by Crippen LogP contribution is -2.36. The summed E-state index contributed by atoms with van der Waals surface area (Å²) in [6, 6.07) is 6.79. The first kappa shape index (κ1) is 16.2. The summed E-state index contributed by atoms with van der Waals surface area (Å²) < 4.78 is 1.22. The van der Waals surface area contributed by atoms with Crippen molar-refractivity contribution in [2.75, 3.05) is 30.3 Å². The van der Waals surface area contributed by atoms with Crippen LogP contribution in [0.15, 0.2) is 22.7 Å². The molecule has 1 aliphatic heterocycles. The van der Waals surface area contributed by atoms with E-state index in [1.165, 1.54) is 21.5 Å². The number of anilines is 1. The molecule has 112 valence electrons. The molecule has 20 heavy (non-hydrogen) atoms. The maximum Gasteiger partial charge on any atom is 0.0378 e. The van der Waals surface area contributed by atoms with E-state index in [1.54, 1.807) is 0 Å². The predicted molar refractivity (Wildman–Crippen MR) is 94.8 cm³/mol. The average molecular weight is 357 g/mol. The highest BCUT2D eigenvalue weighted by Gasteiger charge is 2.17. The molecule has 0 spiro atoms. The third-order valence-corrected chi connectivity index (χ3v) is 5.39. The zero-order chi connectivity index (χ0) is 14.5. The molecule has 1 aromatic rings. The fourth-order valence-corrected chi connectivity index (χ4v) is 3.95. The van der Waals surface area contributed by atoms with Crippen molar-refractivity contribution in [2.45, 2.75) is 32.6 Å². The van der Waals surface area contributed by atoms with Gasteiger partial charge in [0.15, 0.2) is 0 Å². The molecule has 1 aromatic carbocycles. The van der Waals surface area contributed by atoms with E-state index >= 15 is 0 Å². The van der Waals surface area contributed by atoms with E-state index in [9.17, 15) is 0 Å². The van der Waals surface area contributed by atoms with Gasteiger partial charge in [-0.2, -0.15) is 11.8 Å². The number of nitrogens with zero attached hydrogens (tertiary/aromatic N) is 1. The number of nitrogens with one attached hydrogen (secondary N) is 1. The monoisotopic (exact) mass is 356 g/mol. The molecule has 0 amide bonds. The fourth-order valence-electron chi connectivity index (χ4n) is 2.42. The second-order valence-corrected chi connectivity index (χ2v) is 8.33. The lowest BCUT2D eigenvalue weighted by atomic mass is 10.1. The van der Waals surface area contributed by atoms with E-state index in [2.05, 4.69) is 76.9 Å². The maximum absolute atomic E-state index is 3.72. The van der Waals surface area contributed by atoms with Gasteiger partial charge in [-0.15, -0.1) is 0 Å². The summed E-state index contributed by atoms with van der Waals surface area (Å²) in [5.41, 5.74) is 2.69. The van der Waals surface area contributed by atoms with Crippen LogP contribution in [-0.2, 0) is 6.54 Å². The zero-order valence-electron chi connectivity index (χ0n) is 12.7. The molecular formula is C16H25BrN2S. The molecule has 2 nitrogen and oxygen atoms in total. The van der Waals surface area contributed by atoms with Crippen LogP contribution in [0.4, 0.5) is 5.69 Å². The highest BCUT2D eigenvalue weighted by molar-refractivity contribution is 9.10. The number of halogens is 1. The molecule has 1 saturated heterocycles. The van der Waals surface area contributed by atoms with Crippen molar-refractivity contribution >= 4 is 33.4 Å². The molecule has 1 heterocycles. The summed E-state index contributed by atoms with van der Waals surface area (Å²) in [6.45, 7) is 11.1. The van der Waals surface area contributed by atoms with Crippen LogP contribution in [0.1, 0.15) is 26.3 Å². The molecule has 2 rings (SSSR count). The molecule has 0 aliphatic carbocycles. The van der Waals surface area contributed by atoms with Crippen LogP contribution in [0, 0.1) is 5.92 Å². The van der Waals surface area contributed by atoms with Gasteiger partial charge in [0.2, 0.25) is 0 Å². The first-order valence-electron chi connectivity index (χ1n) is 7.42. The van der Waals surface area contributed by atoms with E-state index in [1.807, 2.05) is 0 Å². The molecule has 1 unspecified atom stereocenters. The molecule has 0 bridgehead atoms. The van der Waals surface area contributed by atoms with E-state index in [4.69, 9.17) is 0 Å². The van der Waals surface area contributed by atoms with Crippen LogP contribution in [0.5, 0.6) is 0 Å². The number of hydrogen-bond acceptors (Lipinski definition) is 3. The van der Waals surface area contributed by atoms with Gasteiger partial charge >= 0.3 is 0 Å². The SMILES string of the molecule is CC(C)CNCc1ccc(N2CCSC(C)C2)cc1Br. The van der Waals surface area contributed by atoms with E-state index in [-0.39, 0.29) is 0 Å². The topological polar surface area (TPSA) is 15.3 Å². The summed E-state index contributed by atoms with van der Waals surface area (Å²) in [5, 5.41) is 4.23. The van der Waals surface area contributed by atoms with Crippen molar-refractivity contribution < 1.29 is 0 Å². The first-order valence-corrected chi connectivity index (χ1v) is 9.26. The maximum atomic E-state index is 3.72. The molecule has 4 heteroatoms. The van der Waals surface area contributed by atoms with Crippen LogP contribution in [0.25, 0.3) is 0 Å². The van der Waals surface area contributed by atoms with Crippen LogP contribution >= 0.6 is 27.7 Å². The molecule has 1 atom stereocenters. The number of thioether (sulfide) groups is 1. The molecular weight excluding hydrogens is 332 g/mol. The minimum Gasteiger partial charge on any atom is -0.370 e.